The largest absolute Gasteiger partial charge is 0.382 e. The zero-order valence-corrected chi connectivity index (χ0v) is 10.8. The van der Waals surface area contributed by atoms with Gasteiger partial charge in [-0.15, -0.1) is 11.3 Å². The van der Waals surface area contributed by atoms with E-state index in [2.05, 4.69) is 15.2 Å². The van der Waals surface area contributed by atoms with Crippen LogP contribution in [-0.2, 0) is 0 Å². The van der Waals surface area contributed by atoms with E-state index in [1.54, 1.807) is 11.7 Å². The van der Waals surface area contributed by atoms with Crippen LogP contribution in [0.5, 0.6) is 0 Å². The van der Waals surface area contributed by atoms with Crippen LogP contribution in [0.15, 0.2) is 36.0 Å². The highest BCUT2D eigenvalue weighted by Gasteiger charge is 2.15. The van der Waals surface area contributed by atoms with Crippen LogP contribution >= 0.6 is 22.9 Å². The molecular formula is C12H9ClN4S. The summed E-state index contributed by atoms with van der Waals surface area (Å²) in [6, 6.07) is 7.52. The Bertz CT molecular complexity index is 658. The summed E-state index contributed by atoms with van der Waals surface area (Å²) in [6.45, 7) is 0. The quantitative estimate of drug-likeness (QED) is 0.753. The van der Waals surface area contributed by atoms with Crippen molar-refractivity contribution in [3.8, 4) is 21.7 Å². The van der Waals surface area contributed by atoms with Gasteiger partial charge in [0.2, 0.25) is 0 Å². The molecule has 6 heteroatoms. The molecule has 1 aromatic carbocycles. The number of rotatable bonds is 2. The van der Waals surface area contributed by atoms with Gasteiger partial charge in [-0.2, -0.15) is 5.10 Å². The van der Waals surface area contributed by atoms with Gasteiger partial charge in [0.25, 0.3) is 0 Å². The van der Waals surface area contributed by atoms with E-state index >= 15 is 0 Å². The van der Waals surface area contributed by atoms with Crippen molar-refractivity contribution in [2.45, 2.75) is 0 Å². The van der Waals surface area contributed by atoms with Crippen molar-refractivity contribution in [3.05, 3.63) is 41.0 Å². The van der Waals surface area contributed by atoms with Crippen LogP contribution in [0.1, 0.15) is 0 Å². The molecule has 4 nitrogen and oxygen atoms in total. The summed E-state index contributed by atoms with van der Waals surface area (Å²) in [4.78, 5) is 5.07. The highest BCUT2D eigenvalue weighted by molar-refractivity contribution is 7.13. The average molecular weight is 277 g/mol. The maximum absolute atomic E-state index is 5.93. The Morgan fingerprint density at radius 1 is 1.22 bits per heavy atom. The van der Waals surface area contributed by atoms with Crippen molar-refractivity contribution in [2.24, 2.45) is 0 Å². The predicted octanol–water partition coefficient (Wildman–Crippen LogP) is 3.44. The summed E-state index contributed by atoms with van der Waals surface area (Å²) < 4.78 is 0. The molecule has 18 heavy (non-hydrogen) atoms. The van der Waals surface area contributed by atoms with E-state index in [-0.39, 0.29) is 0 Å². The summed E-state index contributed by atoms with van der Waals surface area (Å²) in [5.74, 6) is 0.473. The molecule has 90 valence electrons. The van der Waals surface area contributed by atoms with E-state index in [0.29, 0.717) is 10.8 Å². The topological polar surface area (TPSA) is 67.6 Å². The van der Waals surface area contributed by atoms with Gasteiger partial charge in [0.15, 0.2) is 5.82 Å². The minimum atomic E-state index is 0.473. The fourth-order valence-corrected chi connectivity index (χ4v) is 2.53. The molecule has 2 aromatic heterocycles. The van der Waals surface area contributed by atoms with Gasteiger partial charge in [-0.1, -0.05) is 23.7 Å². The second kappa shape index (κ2) is 4.44. The summed E-state index contributed by atoms with van der Waals surface area (Å²) >= 11 is 7.43. The van der Waals surface area contributed by atoms with Gasteiger partial charge >= 0.3 is 0 Å². The molecule has 0 radical (unpaired) electrons. The van der Waals surface area contributed by atoms with Gasteiger partial charge in [-0.25, -0.2) is 0 Å². The molecule has 0 saturated carbocycles. The third-order valence-corrected chi connectivity index (χ3v) is 3.65. The number of hydrogen-bond donors (Lipinski definition) is 2. The van der Waals surface area contributed by atoms with Gasteiger partial charge < -0.3 is 5.73 Å². The first-order valence-corrected chi connectivity index (χ1v) is 6.50. The molecule has 0 saturated heterocycles. The zero-order valence-electron chi connectivity index (χ0n) is 9.22. The Morgan fingerprint density at radius 3 is 2.67 bits per heavy atom. The molecule has 0 aliphatic carbocycles. The third kappa shape index (κ3) is 1.87. The SMILES string of the molecule is Nc1n[nH]c(-c2cncs2)c1-c1ccc(Cl)cc1. The number of benzene rings is 1. The second-order valence-electron chi connectivity index (χ2n) is 3.73. The standard InChI is InChI=1S/C12H9ClN4S/c13-8-3-1-7(2-4-8)10-11(16-17-12(10)14)9-5-15-6-18-9/h1-6H,(H3,14,16,17). The lowest BCUT2D eigenvalue weighted by Gasteiger charge is -2.02. The minimum Gasteiger partial charge on any atom is -0.382 e. The fourth-order valence-electron chi connectivity index (χ4n) is 1.78. The first-order valence-electron chi connectivity index (χ1n) is 5.24. The minimum absolute atomic E-state index is 0.473. The lowest BCUT2D eigenvalue weighted by molar-refractivity contribution is 1.10. The molecular weight excluding hydrogens is 268 g/mol. The number of H-pyrrole nitrogens is 1. The van der Waals surface area contributed by atoms with Crippen molar-refractivity contribution >= 4 is 28.8 Å². The smallest absolute Gasteiger partial charge is 0.153 e. The Labute approximate surface area is 112 Å². The number of halogens is 1. The van der Waals surface area contributed by atoms with Gasteiger partial charge in [0.05, 0.1) is 21.6 Å². The molecule has 0 atom stereocenters. The number of aromatic nitrogens is 3. The number of nitrogen functional groups attached to an aromatic ring is 1. The fraction of sp³-hybridized carbons (Fsp3) is 0. The molecule has 0 amide bonds. The van der Waals surface area contributed by atoms with Crippen molar-refractivity contribution in [3.63, 3.8) is 0 Å². The van der Waals surface area contributed by atoms with Crippen molar-refractivity contribution in [1.82, 2.24) is 15.2 Å². The zero-order chi connectivity index (χ0) is 12.5. The number of nitrogens with zero attached hydrogens (tertiary/aromatic N) is 2. The molecule has 0 fully saturated rings. The van der Waals surface area contributed by atoms with E-state index in [4.69, 9.17) is 17.3 Å². The van der Waals surface area contributed by atoms with Crippen LogP contribution in [0.4, 0.5) is 5.82 Å². The normalized spacial score (nSPS) is 10.7. The van der Waals surface area contributed by atoms with Gasteiger partial charge in [0, 0.05) is 11.2 Å². The van der Waals surface area contributed by atoms with E-state index in [0.717, 1.165) is 21.7 Å². The highest BCUT2D eigenvalue weighted by atomic mass is 35.5. The maximum atomic E-state index is 5.93. The Hall–Kier alpha value is -1.85. The van der Waals surface area contributed by atoms with E-state index in [1.165, 1.54) is 11.3 Å². The van der Waals surface area contributed by atoms with Gasteiger partial charge in [0.1, 0.15) is 0 Å². The molecule has 0 unspecified atom stereocenters. The summed E-state index contributed by atoms with van der Waals surface area (Å²) in [5, 5.41) is 7.72. The second-order valence-corrected chi connectivity index (χ2v) is 5.05. The number of aromatic amines is 1. The molecule has 3 N–H and O–H groups in total. The average Bonchev–Trinajstić information content (AvgIpc) is 2.99. The van der Waals surface area contributed by atoms with E-state index in [1.807, 2.05) is 24.3 Å². The number of thiazole rings is 1. The highest BCUT2D eigenvalue weighted by Crippen LogP contribution is 2.36. The molecule has 2 heterocycles. The summed E-state index contributed by atoms with van der Waals surface area (Å²) in [6.07, 6.45) is 1.79. The number of nitrogens with two attached hydrogens (primary N) is 1. The lowest BCUT2D eigenvalue weighted by atomic mass is 10.1. The van der Waals surface area contributed by atoms with Crippen LogP contribution in [-0.4, -0.2) is 15.2 Å². The number of anilines is 1. The van der Waals surface area contributed by atoms with Crippen molar-refractivity contribution in [1.29, 1.82) is 0 Å². The maximum Gasteiger partial charge on any atom is 0.153 e. The molecule has 3 rings (SSSR count). The first kappa shape index (κ1) is 11.3. The van der Waals surface area contributed by atoms with Crippen LogP contribution < -0.4 is 5.73 Å². The van der Waals surface area contributed by atoms with E-state index < -0.39 is 0 Å². The molecule has 0 aliphatic heterocycles. The summed E-state index contributed by atoms with van der Waals surface area (Å²) in [5.41, 5.74) is 10.5. The predicted molar refractivity (Wildman–Crippen MR) is 74.6 cm³/mol. The Kier molecular flexibility index (Phi) is 2.77. The summed E-state index contributed by atoms with van der Waals surface area (Å²) in [7, 11) is 0. The van der Waals surface area contributed by atoms with Gasteiger partial charge in [-0.05, 0) is 17.7 Å². The van der Waals surface area contributed by atoms with Crippen LogP contribution in [0, 0.1) is 0 Å². The van der Waals surface area contributed by atoms with Crippen molar-refractivity contribution < 1.29 is 0 Å². The Morgan fingerprint density at radius 2 is 2.00 bits per heavy atom. The van der Waals surface area contributed by atoms with Crippen LogP contribution in [0.3, 0.4) is 0 Å². The van der Waals surface area contributed by atoms with Crippen LogP contribution in [0.2, 0.25) is 5.02 Å². The third-order valence-electron chi connectivity index (χ3n) is 2.61. The van der Waals surface area contributed by atoms with Gasteiger partial charge in [-0.3, -0.25) is 10.1 Å². The monoisotopic (exact) mass is 276 g/mol. The van der Waals surface area contributed by atoms with Crippen molar-refractivity contribution in [2.75, 3.05) is 5.73 Å². The molecule has 0 spiro atoms. The Balaban J connectivity index is 2.17. The number of hydrogen-bond acceptors (Lipinski definition) is 4. The molecule has 3 aromatic rings. The van der Waals surface area contributed by atoms with Crippen LogP contribution in [0.25, 0.3) is 21.7 Å². The first-order chi connectivity index (χ1) is 8.75. The lowest BCUT2D eigenvalue weighted by Crippen LogP contribution is -1.88. The van der Waals surface area contributed by atoms with E-state index in [9.17, 15) is 0 Å². The molecule has 0 bridgehead atoms. The molecule has 0 aliphatic rings. The number of nitrogens with one attached hydrogen (secondary N) is 1.